The van der Waals surface area contributed by atoms with Gasteiger partial charge in [-0.25, -0.2) is 9.69 Å². The van der Waals surface area contributed by atoms with Crippen LogP contribution < -0.4 is 4.90 Å². The van der Waals surface area contributed by atoms with Crippen LogP contribution in [-0.2, 0) is 14.3 Å². The molecule has 0 aromatic heterocycles. The first-order valence-electron chi connectivity index (χ1n) is 10.1. The quantitative estimate of drug-likeness (QED) is 0.158. The summed E-state index contributed by atoms with van der Waals surface area (Å²) < 4.78 is 5.11. The normalized spacial score (nSPS) is 19.4. The number of esters is 1. The van der Waals surface area contributed by atoms with Gasteiger partial charge in [0.1, 0.15) is 5.02 Å². The van der Waals surface area contributed by atoms with Gasteiger partial charge in [0.15, 0.2) is 6.61 Å². The highest BCUT2D eigenvalue weighted by Crippen LogP contribution is 2.38. The topological polar surface area (TPSA) is 124 Å². The molecule has 10 heteroatoms. The highest BCUT2D eigenvalue weighted by molar-refractivity contribution is 6.32. The fraction of sp³-hybridized carbons (Fsp3) is 0.217. The van der Waals surface area contributed by atoms with Crippen LogP contribution in [0.25, 0.3) is 0 Å². The number of halogens is 1. The highest BCUT2D eigenvalue weighted by Gasteiger charge is 2.48. The van der Waals surface area contributed by atoms with Crippen molar-refractivity contribution in [1.82, 2.24) is 0 Å². The van der Waals surface area contributed by atoms with Crippen LogP contribution in [0.2, 0.25) is 5.02 Å². The SMILES string of the molecule is O=C(COC(=O)c1ccccc1N1C(=O)C2CC=CCC2C1=O)c1ccc(Cl)c([N+](=O)[O-])c1. The molecule has 2 aliphatic rings. The molecule has 0 saturated carbocycles. The van der Waals surface area contributed by atoms with E-state index in [-0.39, 0.29) is 33.7 Å². The van der Waals surface area contributed by atoms with Crippen LogP contribution in [-0.4, -0.2) is 35.1 Å². The van der Waals surface area contributed by atoms with E-state index in [4.69, 9.17) is 16.3 Å². The molecule has 33 heavy (non-hydrogen) atoms. The molecule has 0 spiro atoms. The number of ether oxygens (including phenoxy) is 1. The number of allylic oxidation sites excluding steroid dienone is 2. The van der Waals surface area contributed by atoms with E-state index in [1.165, 1.54) is 24.3 Å². The van der Waals surface area contributed by atoms with Crippen molar-refractivity contribution in [2.45, 2.75) is 12.8 Å². The lowest BCUT2D eigenvalue weighted by Gasteiger charge is -2.18. The van der Waals surface area contributed by atoms with Gasteiger partial charge < -0.3 is 4.74 Å². The van der Waals surface area contributed by atoms with Gasteiger partial charge in [0.2, 0.25) is 17.6 Å². The zero-order valence-corrected chi connectivity index (χ0v) is 17.9. The van der Waals surface area contributed by atoms with Crippen LogP contribution in [0, 0.1) is 22.0 Å². The highest BCUT2D eigenvalue weighted by atomic mass is 35.5. The Morgan fingerprint density at radius 2 is 1.70 bits per heavy atom. The van der Waals surface area contributed by atoms with Crippen molar-refractivity contribution in [1.29, 1.82) is 0 Å². The molecule has 1 fully saturated rings. The molecular formula is C23H17ClN2O7. The number of benzene rings is 2. The third kappa shape index (κ3) is 4.14. The number of amides is 2. The molecule has 0 radical (unpaired) electrons. The van der Waals surface area contributed by atoms with E-state index in [0.29, 0.717) is 12.8 Å². The van der Waals surface area contributed by atoms with Crippen molar-refractivity contribution in [3.63, 3.8) is 0 Å². The van der Waals surface area contributed by atoms with Crippen LogP contribution in [0.1, 0.15) is 33.6 Å². The fourth-order valence-electron chi connectivity index (χ4n) is 4.00. The predicted molar refractivity (Wildman–Crippen MR) is 117 cm³/mol. The van der Waals surface area contributed by atoms with Crippen molar-refractivity contribution in [2.75, 3.05) is 11.5 Å². The Kier molecular flexibility index (Phi) is 6.06. The van der Waals surface area contributed by atoms with Gasteiger partial charge in [-0.05, 0) is 37.1 Å². The summed E-state index contributed by atoms with van der Waals surface area (Å²) in [5, 5.41) is 10.9. The second-order valence-corrected chi connectivity index (χ2v) is 8.01. The minimum Gasteiger partial charge on any atom is -0.454 e. The average Bonchev–Trinajstić information content (AvgIpc) is 3.07. The molecular weight excluding hydrogens is 452 g/mol. The first-order chi connectivity index (χ1) is 15.8. The number of anilines is 1. The summed E-state index contributed by atoms with van der Waals surface area (Å²) in [4.78, 5) is 62.3. The number of hydrogen-bond acceptors (Lipinski definition) is 7. The number of imide groups is 1. The molecule has 2 aromatic rings. The average molecular weight is 469 g/mol. The van der Waals surface area contributed by atoms with Crippen LogP contribution in [0.15, 0.2) is 54.6 Å². The Bertz CT molecular complexity index is 1200. The van der Waals surface area contributed by atoms with E-state index in [0.717, 1.165) is 11.0 Å². The van der Waals surface area contributed by atoms with Gasteiger partial charge in [-0.3, -0.25) is 24.5 Å². The van der Waals surface area contributed by atoms with E-state index >= 15 is 0 Å². The Balaban J connectivity index is 1.52. The zero-order chi connectivity index (χ0) is 23.7. The van der Waals surface area contributed by atoms with Crippen LogP contribution >= 0.6 is 11.6 Å². The number of nitro benzene ring substituents is 1. The number of fused-ring (bicyclic) bond motifs is 1. The number of hydrogen-bond donors (Lipinski definition) is 0. The number of nitro groups is 1. The smallest absolute Gasteiger partial charge is 0.340 e. The number of nitrogens with zero attached hydrogens (tertiary/aromatic N) is 2. The summed E-state index contributed by atoms with van der Waals surface area (Å²) in [6.45, 7) is -0.691. The molecule has 168 valence electrons. The van der Waals surface area contributed by atoms with Crippen molar-refractivity contribution in [3.8, 4) is 0 Å². The Morgan fingerprint density at radius 1 is 1.06 bits per heavy atom. The monoisotopic (exact) mass is 468 g/mol. The largest absolute Gasteiger partial charge is 0.454 e. The molecule has 2 unspecified atom stereocenters. The number of rotatable bonds is 6. The van der Waals surface area contributed by atoms with Crippen molar-refractivity contribution in [2.24, 2.45) is 11.8 Å². The Labute approximate surface area is 192 Å². The number of carbonyl (C=O) groups excluding carboxylic acids is 4. The molecule has 1 saturated heterocycles. The Morgan fingerprint density at radius 3 is 2.33 bits per heavy atom. The first kappa shape index (κ1) is 22.3. The van der Waals surface area contributed by atoms with Gasteiger partial charge in [0.25, 0.3) is 5.69 Å². The standard InChI is InChI=1S/C23H17ClN2O7/c24-17-10-9-13(11-19(17)26(31)32)20(27)12-33-23(30)16-7-3-4-8-18(16)25-21(28)14-5-1-2-6-15(14)22(25)29/h1-4,7-11,14-15H,5-6,12H2. The maximum Gasteiger partial charge on any atom is 0.340 e. The van der Waals surface area contributed by atoms with Crippen molar-refractivity contribution >= 4 is 46.5 Å². The summed E-state index contributed by atoms with van der Waals surface area (Å²) in [6.07, 6.45) is 4.64. The van der Waals surface area contributed by atoms with Crippen molar-refractivity contribution < 1.29 is 28.8 Å². The van der Waals surface area contributed by atoms with Gasteiger partial charge >= 0.3 is 5.97 Å². The lowest BCUT2D eigenvalue weighted by atomic mass is 9.85. The van der Waals surface area contributed by atoms with Crippen LogP contribution in [0.5, 0.6) is 0 Å². The van der Waals surface area contributed by atoms with Gasteiger partial charge in [0.05, 0.1) is 28.0 Å². The first-order valence-corrected chi connectivity index (χ1v) is 10.4. The summed E-state index contributed by atoms with van der Waals surface area (Å²) in [6, 6.07) is 9.51. The summed E-state index contributed by atoms with van der Waals surface area (Å²) >= 11 is 5.75. The van der Waals surface area contributed by atoms with E-state index in [1.54, 1.807) is 12.1 Å². The second-order valence-electron chi connectivity index (χ2n) is 7.61. The maximum absolute atomic E-state index is 12.9. The van der Waals surface area contributed by atoms with E-state index in [9.17, 15) is 29.3 Å². The van der Waals surface area contributed by atoms with E-state index < -0.39 is 40.8 Å². The number of para-hydroxylation sites is 1. The molecule has 4 rings (SSSR count). The minimum atomic E-state index is -0.906. The third-order valence-corrected chi connectivity index (χ3v) is 5.99. The summed E-state index contributed by atoms with van der Waals surface area (Å²) in [5.41, 5.74) is -0.433. The number of carbonyl (C=O) groups is 4. The van der Waals surface area contributed by atoms with Gasteiger partial charge in [-0.15, -0.1) is 0 Å². The molecule has 2 aromatic carbocycles. The zero-order valence-electron chi connectivity index (χ0n) is 17.1. The van der Waals surface area contributed by atoms with E-state index in [2.05, 4.69) is 0 Å². The molecule has 0 N–H and O–H groups in total. The second kappa shape index (κ2) is 8.95. The summed E-state index contributed by atoms with van der Waals surface area (Å²) in [7, 11) is 0. The molecule has 1 aliphatic carbocycles. The summed E-state index contributed by atoms with van der Waals surface area (Å²) in [5.74, 6) is -3.26. The molecule has 9 nitrogen and oxygen atoms in total. The maximum atomic E-state index is 12.9. The third-order valence-electron chi connectivity index (χ3n) is 5.67. The molecule has 0 bridgehead atoms. The van der Waals surface area contributed by atoms with Crippen LogP contribution in [0.4, 0.5) is 11.4 Å². The molecule has 1 heterocycles. The van der Waals surface area contributed by atoms with Crippen LogP contribution in [0.3, 0.4) is 0 Å². The molecule has 1 aliphatic heterocycles. The fourth-order valence-corrected chi connectivity index (χ4v) is 4.18. The lowest BCUT2D eigenvalue weighted by molar-refractivity contribution is -0.384. The van der Waals surface area contributed by atoms with Gasteiger partial charge in [-0.1, -0.05) is 35.9 Å². The predicted octanol–water partition coefficient (Wildman–Crippen LogP) is 3.74. The van der Waals surface area contributed by atoms with E-state index in [1.807, 2.05) is 12.2 Å². The lowest BCUT2D eigenvalue weighted by Crippen LogP contribution is -2.32. The molecule has 2 amide bonds. The van der Waals surface area contributed by atoms with Gasteiger partial charge in [0, 0.05) is 11.6 Å². The minimum absolute atomic E-state index is 0.0410. The van der Waals surface area contributed by atoms with Gasteiger partial charge in [-0.2, -0.15) is 0 Å². The Hall–Kier alpha value is -3.85. The number of Topliss-reactive ketones (excluding diaryl/α,β-unsaturated/α-hetero) is 1. The van der Waals surface area contributed by atoms with Crippen molar-refractivity contribution in [3.05, 3.63) is 80.9 Å². The molecule has 2 atom stereocenters. The number of ketones is 1.